The maximum Gasteiger partial charge on any atom is 0.225 e. The molecule has 0 radical (unpaired) electrons. The number of hydrogen-bond acceptors (Lipinski definition) is 6. The van der Waals surface area contributed by atoms with Gasteiger partial charge in [-0.25, -0.2) is 9.97 Å². The van der Waals surface area contributed by atoms with E-state index in [2.05, 4.69) is 37.3 Å². The lowest BCUT2D eigenvalue weighted by molar-refractivity contribution is 0.0731. The van der Waals surface area contributed by atoms with Crippen LogP contribution in [-0.4, -0.2) is 54.3 Å². The van der Waals surface area contributed by atoms with Gasteiger partial charge in [0.1, 0.15) is 0 Å². The van der Waals surface area contributed by atoms with Crippen molar-refractivity contribution in [2.45, 2.75) is 13.0 Å². The molecule has 0 aliphatic carbocycles. The molecule has 4 rings (SSSR count). The molecule has 2 aromatic rings. The third kappa shape index (κ3) is 3.39. The topological polar surface area (TPSA) is 41.5 Å². The number of thiophene rings is 1. The molecule has 23 heavy (non-hydrogen) atoms. The van der Waals surface area contributed by atoms with Gasteiger partial charge in [0.05, 0.1) is 13.2 Å². The Labute approximate surface area is 140 Å². The van der Waals surface area contributed by atoms with Crippen LogP contribution < -0.4 is 4.90 Å². The van der Waals surface area contributed by atoms with Gasteiger partial charge in [-0.1, -0.05) is 6.07 Å². The van der Waals surface area contributed by atoms with Gasteiger partial charge in [0.2, 0.25) is 5.95 Å². The van der Waals surface area contributed by atoms with E-state index in [1.54, 1.807) is 0 Å². The highest BCUT2D eigenvalue weighted by atomic mass is 32.1. The Morgan fingerprint density at radius 3 is 2.91 bits per heavy atom. The Balaban J connectivity index is 1.47. The van der Waals surface area contributed by atoms with Gasteiger partial charge >= 0.3 is 0 Å². The molecule has 6 heteroatoms. The standard InChI is InChI=1S/C17H22N4OS/c1-3-15(23-10-1)11-20-7-4-17(12-20)13-21(8-9-22-14-17)16-18-5-2-6-19-16/h1-3,5-6,10H,4,7-9,11-14H2. The molecule has 0 saturated carbocycles. The fourth-order valence-corrected chi connectivity index (χ4v) is 4.40. The molecule has 0 aromatic carbocycles. The van der Waals surface area contributed by atoms with Crippen LogP contribution in [0.4, 0.5) is 5.95 Å². The number of hydrogen-bond donors (Lipinski definition) is 0. The average molecular weight is 330 g/mol. The minimum absolute atomic E-state index is 0.201. The van der Waals surface area contributed by atoms with Crippen LogP contribution in [0.15, 0.2) is 36.0 Å². The summed E-state index contributed by atoms with van der Waals surface area (Å²) in [4.78, 5) is 15.1. The Bertz CT molecular complexity index is 621. The van der Waals surface area contributed by atoms with Crippen LogP contribution in [0.2, 0.25) is 0 Å². The smallest absolute Gasteiger partial charge is 0.225 e. The molecule has 0 N–H and O–H groups in total. The zero-order chi connectivity index (χ0) is 15.5. The normalized spacial score (nSPS) is 25.8. The number of nitrogens with zero attached hydrogens (tertiary/aromatic N) is 4. The molecular weight excluding hydrogens is 308 g/mol. The first-order chi connectivity index (χ1) is 11.3. The van der Waals surface area contributed by atoms with Crippen molar-refractivity contribution in [1.29, 1.82) is 0 Å². The van der Waals surface area contributed by atoms with E-state index in [0.29, 0.717) is 0 Å². The quantitative estimate of drug-likeness (QED) is 0.863. The van der Waals surface area contributed by atoms with Gasteiger partial charge in [-0.3, -0.25) is 4.90 Å². The molecule has 5 nitrogen and oxygen atoms in total. The first-order valence-electron chi connectivity index (χ1n) is 8.18. The predicted octanol–water partition coefficient (Wildman–Crippen LogP) is 2.27. The van der Waals surface area contributed by atoms with E-state index in [1.807, 2.05) is 29.8 Å². The van der Waals surface area contributed by atoms with Gasteiger partial charge in [0.25, 0.3) is 0 Å². The van der Waals surface area contributed by atoms with E-state index in [1.165, 1.54) is 11.3 Å². The fraction of sp³-hybridized carbons (Fsp3) is 0.529. The highest BCUT2D eigenvalue weighted by molar-refractivity contribution is 7.09. The van der Waals surface area contributed by atoms with Crippen LogP contribution in [0.1, 0.15) is 11.3 Å². The van der Waals surface area contributed by atoms with Crippen molar-refractivity contribution < 1.29 is 4.74 Å². The summed E-state index contributed by atoms with van der Waals surface area (Å²) >= 11 is 1.84. The molecule has 2 saturated heterocycles. The second kappa shape index (κ2) is 6.55. The Hall–Kier alpha value is -1.50. The largest absolute Gasteiger partial charge is 0.379 e. The van der Waals surface area contributed by atoms with Crippen molar-refractivity contribution in [3.05, 3.63) is 40.8 Å². The maximum atomic E-state index is 5.95. The third-order valence-electron chi connectivity index (χ3n) is 4.75. The highest BCUT2D eigenvalue weighted by Crippen LogP contribution is 2.35. The number of rotatable bonds is 3. The summed E-state index contributed by atoms with van der Waals surface area (Å²) < 4.78 is 5.95. The SMILES string of the molecule is c1cnc(N2CCOCC3(CCN(Cc4cccs4)C3)C2)nc1. The monoisotopic (exact) mass is 330 g/mol. The second-order valence-electron chi connectivity index (χ2n) is 6.56. The molecule has 2 aliphatic rings. The number of anilines is 1. The maximum absolute atomic E-state index is 5.95. The number of likely N-dealkylation sites (tertiary alicyclic amines) is 1. The van der Waals surface area contributed by atoms with Crippen molar-refractivity contribution in [1.82, 2.24) is 14.9 Å². The summed E-state index contributed by atoms with van der Waals surface area (Å²) in [6, 6.07) is 6.23. The van der Waals surface area contributed by atoms with Crippen LogP contribution in [0, 0.1) is 5.41 Å². The van der Waals surface area contributed by atoms with Crippen LogP contribution in [0.25, 0.3) is 0 Å². The third-order valence-corrected chi connectivity index (χ3v) is 5.61. The second-order valence-corrected chi connectivity index (χ2v) is 7.60. The molecule has 2 fully saturated rings. The Morgan fingerprint density at radius 1 is 1.17 bits per heavy atom. The number of ether oxygens (including phenoxy) is 1. The summed E-state index contributed by atoms with van der Waals surface area (Å²) in [5.41, 5.74) is 0.201. The van der Waals surface area contributed by atoms with E-state index in [9.17, 15) is 0 Å². The molecule has 1 atom stereocenters. The van der Waals surface area contributed by atoms with Crippen LogP contribution in [0.5, 0.6) is 0 Å². The van der Waals surface area contributed by atoms with E-state index < -0.39 is 0 Å². The lowest BCUT2D eigenvalue weighted by Crippen LogP contribution is -2.41. The summed E-state index contributed by atoms with van der Waals surface area (Å²) in [7, 11) is 0. The lowest BCUT2D eigenvalue weighted by atomic mass is 9.87. The van der Waals surface area contributed by atoms with Crippen molar-refractivity contribution in [2.24, 2.45) is 5.41 Å². The van der Waals surface area contributed by atoms with Crippen molar-refractivity contribution in [2.75, 3.05) is 44.3 Å². The first kappa shape index (κ1) is 15.1. The predicted molar refractivity (Wildman–Crippen MR) is 91.7 cm³/mol. The molecule has 2 aliphatic heterocycles. The summed E-state index contributed by atoms with van der Waals surface area (Å²) in [6.45, 7) is 6.75. The molecule has 4 heterocycles. The average Bonchev–Trinajstić information content (AvgIpc) is 3.17. The van der Waals surface area contributed by atoms with E-state index in [0.717, 1.165) is 51.9 Å². The van der Waals surface area contributed by atoms with Gasteiger partial charge in [0, 0.05) is 48.9 Å². The van der Waals surface area contributed by atoms with Crippen LogP contribution in [0.3, 0.4) is 0 Å². The Morgan fingerprint density at radius 2 is 2.09 bits per heavy atom. The molecular formula is C17H22N4OS. The van der Waals surface area contributed by atoms with E-state index in [-0.39, 0.29) is 5.41 Å². The zero-order valence-electron chi connectivity index (χ0n) is 13.2. The molecule has 0 amide bonds. The van der Waals surface area contributed by atoms with Gasteiger partial charge in [0.15, 0.2) is 0 Å². The molecule has 0 bridgehead atoms. The van der Waals surface area contributed by atoms with Crippen molar-refractivity contribution in [3.8, 4) is 0 Å². The van der Waals surface area contributed by atoms with E-state index >= 15 is 0 Å². The van der Waals surface area contributed by atoms with Crippen molar-refractivity contribution >= 4 is 17.3 Å². The molecule has 1 spiro atoms. The molecule has 2 aromatic heterocycles. The van der Waals surface area contributed by atoms with Gasteiger partial charge in [-0.05, 0) is 30.5 Å². The summed E-state index contributed by atoms with van der Waals surface area (Å²) in [6.07, 6.45) is 4.82. The molecule has 1 unspecified atom stereocenters. The van der Waals surface area contributed by atoms with Gasteiger partial charge in [-0.2, -0.15) is 0 Å². The van der Waals surface area contributed by atoms with Crippen LogP contribution in [-0.2, 0) is 11.3 Å². The fourth-order valence-electron chi connectivity index (χ4n) is 3.65. The van der Waals surface area contributed by atoms with Gasteiger partial charge in [-0.15, -0.1) is 11.3 Å². The summed E-state index contributed by atoms with van der Waals surface area (Å²) in [5, 5.41) is 2.16. The van der Waals surface area contributed by atoms with Crippen LogP contribution >= 0.6 is 11.3 Å². The Kier molecular flexibility index (Phi) is 4.29. The summed E-state index contributed by atoms with van der Waals surface area (Å²) in [5.74, 6) is 0.828. The molecule has 122 valence electrons. The highest BCUT2D eigenvalue weighted by Gasteiger charge is 2.41. The van der Waals surface area contributed by atoms with Crippen molar-refractivity contribution in [3.63, 3.8) is 0 Å². The van der Waals surface area contributed by atoms with Gasteiger partial charge < -0.3 is 9.64 Å². The van der Waals surface area contributed by atoms with E-state index in [4.69, 9.17) is 4.74 Å². The minimum Gasteiger partial charge on any atom is -0.379 e. The zero-order valence-corrected chi connectivity index (χ0v) is 14.0. The number of aromatic nitrogens is 2. The minimum atomic E-state index is 0.201. The lowest BCUT2D eigenvalue weighted by Gasteiger charge is -2.31. The first-order valence-corrected chi connectivity index (χ1v) is 9.05.